The van der Waals surface area contributed by atoms with E-state index in [0.29, 0.717) is 0 Å². The van der Waals surface area contributed by atoms with Crippen LogP contribution in [0.3, 0.4) is 0 Å². The fraction of sp³-hybridized carbons (Fsp3) is 0.375. The lowest BCUT2D eigenvalue weighted by Gasteiger charge is -2.09. The van der Waals surface area contributed by atoms with Crippen molar-refractivity contribution in [2.75, 3.05) is 0 Å². The molecule has 1 fully saturated rings. The molecule has 1 N–H and O–H groups in total. The van der Waals surface area contributed by atoms with Crippen LogP contribution in [-0.2, 0) is 5.41 Å². The van der Waals surface area contributed by atoms with Crippen molar-refractivity contribution in [1.29, 1.82) is 5.26 Å². The molecule has 19 heavy (non-hydrogen) atoms. The monoisotopic (exact) mass is 251 g/mol. The highest BCUT2D eigenvalue weighted by atomic mass is 15.0. The van der Waals surface area contributed by atoms with E-state index in [4.69, 9.17) is 0 Å². The number of nitrogens with one attached hydrogen (secondary N) is 1. The number of benzene rings is 1. The number of aromatic nitrogens is 2. The average molecular weight is 251 g/mol. The summed E-state index contributed by atoms with van der Waals surface area (Å²) in [6.07, 6.45) is 3.69. The molecule has 3 nitrogen and oxygen atoms in total. The fourth-order valence-corrected chi connectivity index (χ4v) is 2.48. The van der Waals surface area contributed by atoms with Gasteiger partial charge in [0.1, 0.15) is 11.2 Å². The van der Waals surface area contributed by atoms with Gasteiger partial charge in [0.05, 0.1) is 18.0 Å². The summed E-state index contributed by atoms with van der Waals surface area (Å²) in [6.45, 7) is 6.40. The first-order chi connectivity index (χ1) is 9.07. The smallest absolute Gasteiger partial charge is 0.127 e. The van der Waals surface area contributed by atoms with Crippen LogP contribution in [0.15, 0.2) is 18.3 Å². The topological polar surface area (TPSA) is 52.5 Å². The van der Waals surface area contributed by atoms with Crippen molar-refractivity contribution in [1.82, 2.24) is 9.97 Å². The van der Waals surface area contributed by atoms with Crippen molar-refractivity contribution >= 4 is 0 Å². The lowest BCUT2D eigenvalue weighted by Crippen LogP contribution is -2.04. The van der Waals surface area contributed by atoms with Crippen LogP contribution in [0.25, 0.3) is 11.3 Å². The number of nitrogens with zero attached hydrogens (tertiary/aromatic N) is 2. The molecule has 3 rings (SSSR count). The van der Waals surface area contributed by atoms with Crippen molar-refractivity contribution in [2.45, 2.75) is 39.0 Å². The summed E-state index contributed by atoms with van der Waals surface area (Å²) in [6, 6.07) is 6.64. The number of H-pyrrole nitrogens is 1. The largest absolute Gasteiger partial charge is 0.341 e. The zero-order valence-corrected chi connectivity index (χ0v) is 11.5. The maximum absolute atomic E-state index is 9.21. The molecule has 1 aliphatic carbocycles. The van der Waals surface area contributed by atoms with E-state index in [9.17, 15) is 5.26 Å². The van der Waals surface area contributed by atoms with Gasteiger partial charge in [-0.15, -0.1) is 0 Å². The van der Waals surface area contributed by atoms with Gasteiger partial charge in [-0.2, -0.15) is 5.26 Å². The van der Waals surface area contributed by atoms with Gasteiger partial charge in [-0.05, 0) is 50.3 Å². The van der Waals surface area contributed by atoms with E-state index in [2.05, 4.69) is 48.9 Å². The lowest BCUT2D eigenvalue weighted by atomic mass is 9.97. The van der Waals surface area contributed by atoms with Gasteiger partial charge >= 0.3 is 0 Å². The van der Waals surface area contributed by atoms with Crippen LogP contribution in [-0.4, -0.2) is 9.97 Å². The first kappa shape index (κ1) is 12.0. The second-order valence-corrected chi connectivity index (χ2v) is 5.52. The third-order valence-electron chi connectivity index (χ3n) is 4.34. The van der Waals surface area contributed by atoms with Gasteiger partial charge in [0.25, 0.3) is 0 Å². The number of aryl methyl sites for hydroxylation is 1. The molecule has 1 heterocycles. The standard InChI is InChI=1S/C16H17N3/c1-10-4-5-13(12(3)11(10)2)14-8-18-15(19-14)16(9-17)6-7-16/h4-5,8H,6-7H2,1-3H3,(H,18,19). The Hall–Kier alpha value is -2.08. The quantitative estimate of drug-likeness (QED) is 0.887. The number of aromatic amines is 1. The highest BCUT2D eigenvalue weighted by Crippen LogP contribution is 2.46. The highest BCUT2D eigenvalue weighted by molar-refractivity contribution is 5.66. The van der Waals surface area contributed by atoms with E-state index in [1.54, 1.807) is 0 Å². The molecule has 0 bridgehead atoms. The minimum atomic E-state index is -0.341. The number of rotatable bonds is 2. The molecule has 96 valence electrons. The summed E-state index contributed by atoms with van der Waals surface area (Å²) < 4.78 is 0. The predicted octanol–water partition coefficient (Wildman–Crippen LogP) is 3.56. The molecule has 1 aromatic carbocycles. The van der Waals surface area contributed by atoms with Gasteiger partial charge in [-0.25, -0.2) is 4.98 Å². The van der Waals surface area contributed by atoms with Gasteiger partial charge in [-0.1, -0.05) is 12.1 Å². The van der Waals surface area contributed by atoms with Gasteiger partial charge in [-0.3, -0.25) is 0 Å². The second-order valence-electron chi connectivity index (χ2n) is 5.52. The normalized spacial score (nSPS) is 16.1. The van der Waals surface area contributed by atoms with Crippen molar-refractivity contribution in [3.8, 4) is 17.3 Å². The Kier molecular flexibility index (Phi) is 2.50. The van der Waals surface area contributed by atoms with Crippen LogP contribution >= 0.6 is 0 Å². The zero-order valence-electron chi connectivity index (χ0n) is 11.5. The van der Waals surface area contributed by atoms with Gasteiger partial charge in [0.2, 0.25) is 0 Å². The van der Waals surface area contributed by atoms with E-state index in [1.807, 2.05) is 6.20 Å². The van der Waals surface area contributed by atoms with Crippen molar-refractivity contribution in [3.63, 3.8) is 0 Å². The minimum absolute atomic E-state index is 0.341. The van der Waals surface area contributed by atoms with Crippen molar-refractivity contribution in [3.05, 3.63) is 40.8 Å². The summed E-state index contributed by atoms with van der Waals surface area (Å²) in [5.74, 6) is 0.822. The molecule has 0 saturated heterocycles. The Morgan fingerprint density at radius 3 is 2.58 bits per heavy atom. The minimum Gasteiger partial charge on any atom is -0.341 e. The molecule has 1 aromatic heterocycles. The Morgan fingerprint density at radius 1 is 1.21 bits per heavy atom. The Balaban J connectivity index is 2.05. The molecule has 0 amide bonds. The van der Waals surface area contributed by atoms with Crippen LogP contribution in [0.5, 0.6) is 0 Å². The number of nitriles is 1. The van der Waals surface area contributed by atoms with Crippen LogP contribution in [0.4, 0.5) is 0 Å². The molecule has 3 heteroatoms. The first-order valence-corrected chi connectivity index (χ1v) is 6.61. The molecule has 1 saturated carbocycles. The summed E-state index contributed by atoms with van der Waals surface area (Å²) >= 11 is 0. The maximum Gasteiger partial charge on any atom is 0.127 e. The van der Waals surface area contributed by atoms with Gasteiger partial charge in [0.15, 0.2) is 0 Å². The molecule has 0 atom stereocenters. The Bertz CT molecular complexity index is 685. The van der Waals surface area contributed by atoms with Gasteiger partial charge < -0.3 is 4.98 Å². The highest BCUT2D eigenvalue weighted by Gasteiger charge is 2.47. The number of imidazole rings is 1. The van der Waals surface area contributed by atoms with E-state index in [1.165, 1.54) is 22.3 Å². The van der Waals surface area contributed by atoms with Crippen molar-refractivity contribution in [2.24, 2.45) is 0 Å². The maximum atomic E-state index is 9.21. The number of hydrogen-bond donors (Lipinski definition) is 1. The molecular weight excluding hydrogens is 234 g/mol. The van der Waals surface area contributed by atoms with E-state index < -0.39 is 0 Å². The molecule has 0 aliphatic heterocycles. The Morgan fingerprint density at radius 2 is 1.95 bits per heavy atom. The lowest BCUT2D eigenvalue weighted by molar-refractivity contribution is 0.822. The van der Waals surface area contributed by atoms with Crippen LogP contribution in [0.2, 0.25) is 0 Å². The van der Waals surface area contributed by atoms with Gasteiger partial charge in [0, 0.05) is 5.56 Å². The Labute approximate surface area is 113 Å². The van der Waals surface area contributed by atoms with Crippen LogP contribution in [0.1, 0.15) is 35.4 Å². The first-order valence-electron chi connectivity index (χ1n) is 6.61. The summed E-state index contributed by atoms with van der Waals surface area (Å²) in [5.41, 5.74) is 5.74. The molecule has 0 unspecified atom stereocenters. The zero-order chi connectivity index (χ0) is 13.6. The third-order valence-corrected chi connectivity index (χ3v) is 4.34. The van der Waals surface area contributed by atoms with E-state index >= 15 is 0 Å². The molecule has 0 radical (unpaired) electrons. The summed E-state index contributed by atoms with van der Waals surface area (Å²) in [7, 11) is 0. The summed E-state index contributed by atoms with van der Waals surface area (Å²) in [4.78, 5) is 7.75. The van der Waals surface area contributed by atoms with E-state index in [-0.39, 0.29) is 5.41 Å². The van der Waals surface area contributed by atoms with Crippen molar-refractivity contribution < 1.29 is 0 Å². The third kappa shape index (κ3) is 1.76. The SMILES string of the molecule is Cc1ccc(-c2cnc(C3(C#N)CC3)[nH]2)c(C)c1C. The summed E-state index contributed by atoms with van der Waals surface area (Å²) in [5, 5.41) is 9.21. The molecular formula is C16H17N3. The predicted molar refractivity (Wildman–Crippen MR) is 74.8 cm³/mol. The second kappa shape index (κ2) is 3.96. The van der Waals surface area contributed by atoms with E-state index in [0.717, 1.165) is 24.4 Å². The molecule has 1 aliphatic rings. The van der Waals surface area contributed by atoms with Crippen LogP contribution < -0.4 is 0 Å². The average Bonchev–Trinajstić information content (AvgIpc) is 3.07. The fourth-order valence-electron chi connectivity index (χ4n) is 2.48. The number of hydrogen-bond acceptors (Lipinski definition) is 2. The molecule has 0 spiro atoms. The molecule has 2 aromatic rings. The van der Waals surface area contributed by atoms with Crippen LogP contribution in [0, 0.1) is 32.1 Å².